The van der Waals surface area contributed by atoms with Crippen molar-refractivity contribution in [2.75, 3.05) is 20.7 Å². The summed E-state index contributed by atoms with van der Waals surface area (Å²) in [4.78, 5) is 0. The SMILES string of the molecule is COCOCO. The van der Waals surface area contributed by atoms with Gasteiger partial charge in [-0.1, -0.05) is 0 Å². The molecule has 0 unspecified atom stereocenters. The molecule has 0 bridgehead atoms. The van der Waals surface area contributed by atoms with Gasteiger partial charge in [-0.05, 0) is 0 Å². The number of ether oxygens (including phenoxy) is 2. The fraction of sp³-hybridized carbons (Fsp3) is 1.00. The summed E-state index contributed by atoms with van der Waals surface area (Å²) in [5.41, 5.74) is 0. The van der Waals surface area contributed by atoms with Crippen LogP contribution in [0.2, 0.25) is 0 Å². The third kappa shape index (κ3) is 3.88. The zero-order valence-electron chi connectivity index (χ0n) is 3.68. The number of rotatable bonds is 3. The highest BCUT2D eigenvalue weighted by molar-refractivity contribution is 3.90. The molecule has 0 aromatic carbocycles. The lowest BCUT2D eigenvalue weighted by molar-refractivity contribution is -0.0931. The lowest BCUT2D eigenvalue weighted by Gasteiger charge is -1.92. The van der Waals surface area contributed by atoms with E-state index in [2.05, 4.69) is 9.47 Å². The summed E-state index contributed by atoms with van der Waals surface area (Å²) >= 11 is 0. The second kappa shape index (κ2) is 4.88. The molecule has 0 aliphatic heterocycles. The molecule has 0 rings (SSSR count). The minimum atomic E-state index is -0.270. The molecule has 0 fully saturated rings. The van der Waals surface area contributed by atoms with Gasteiger partial charge in [0.05, 0.1) is 0 Å². The minimum Gasteiger partial charge on any atom is -0.371 e. The highest BCUT2D eigenvalue weighted by Gasteiger charge is 1.72. The van der Waals surface area contributed by atoms with Crippen molar-refractivity contribution in [3.8, 4) is 0 Å². The molecule has 3 nitrogen and oxygen atoms in total. The third-order valence-electron chi connectivity index (χ3n) is 0.292. The summed E-state index contributed by atoms with van der Waals surface area (Å²) in [6.45, 7) is -0.107. The first-order valence-corrected chi connectivity index (χ1v) is 1.59. The fourth-order valence-electron chi connectivity index (χ4n) is 0.121. The van der Waals surface area contributed by atoms with Crippen LogP contribution in [0.1, 0.15) is 0 Å². The van der Waals surface area contributed by atoms with Crippen molar-refractivity contribution in [2.45, 2.75) is 0 Å². The molecular weight excluding hydrogens is 84.0 g/mol. The molecule has 0 amide bonds. The molecule has 38 valence electrons. The van der Waals surface area contributed by atoms with Gasteiger partial charge >= 0.3 is 0 Å². The molecule has 0 radical (unpaired) electrons. The highest BCUT2D eigenvalue weighted by atomic mass is 16.7. The maximum atomic E-state index is 7.90. The molecule has 0 saturated heterocycles. The largest absolute Gasteiger partial charge is 0.371 e. The van der Waals surface area contributed by atoms with Crippen molar-refractivity contribution < 1.29 is 14.6 Å². The van der Waals surface area contributed by atoms with E-state index in [1.807, 2.05) is 0 Å². The van der Waals surface area contributed by atoms with Crippen LogP contribution in [0.25, 0.3) is 0 Å². The molecule has 0 aliphatic rings. The van der Waals surface area contributed by atoms with E-state index in [9.17, 15) is 0 Å². The highest BCUT2D eigenvalue weighted by Crippen LogP contribution is 1.66. The minimum absolute atomic E-state index is 0.163. The summed E-state index contributed by atoms with van der Waals surface area (Å²) in [5.74, 6) is 0. The molecule has 0 heterocycles. The first kappa shape index (κ1) is 5.88. The van der Waals surface area contributed by atoms with Crippen LogP contribution < -0.4 is 0 Å². The Balaban J connectivity index is 2.34. The fourth-order valence-corrected chi connectivity index (χ4v) is 0.121. The maximum Gasteiger partial charge on any atom is 0.149 e. The second-order valence-corrected chi connectivity index (χ2v) is 0.740. The van der Waals surface area contributed by atoms with E-state index in [1.54, 1.807) is 0 Å². The molecule has 1 N–H and O–H groups in total. The monoisotopic (exact) mass is 92.0 g/mol. The van der Waals surface area contributed by atoms with E-state index in [0.29, 0.717) is 0 Å². The van der Waals surface area contributed by atoms with Gasteiger partial charge < -0.3 is 14.6 Å². The van der Waals surface area contributed by atoms with E-state index in [4.69, 9.17) is 5.11 Å². The van der Waals surface area contributed by atoms with Gasteiger partial charge in [0.25, 0.3) is 0 Å². The number of methoxy groups -OCH3 is 1. The van der Waals surface area contributed by atoms with Crippen molar-refractivity contribution in [3.63, 3.8) is 0 Å². The normalized spacial score (nSPS) is 9.00. The van der Waals surface area contributed by atoms with E-state index < -0.39 is 0 Å². The van der Waals surface area contributed by atoms with Gasteiger partial charge in [0, 0.05) is 7.11 Å². The Morgan fingerprint density at radius 2 is 2.33 bits per heavy atom. The van der Waals surface area contributed by atoms with Crippen LogP contribution in [0.4, 0.5) is 0 Å². The van der Waals surface area contributed by atoms with E-state index in [0.717, 1.165) is 0 Å². The number of aliphatic hydroxyl groups is 1. The van der Waals surface area contributed by atoms with Crippen molar-refractivity contribution >= 4 is 0 Å². The summed E-state index contributed by atoms with van der Waals surface area (Å²) in [7, 11) is 1.50. The zero-order valence-corrected chi connectivity index (χ0v) is 3.68. The van der Waals surface area contributed by atoms with Gasteiger partial charge in [0.1, 0.15) is 13.6 Å². The molecule has 0 aromatic heterocycles. The average molecular weight is 92.1 g/mol. The topological polar surface area (TPSA) is 38.7 Å². The van der Waals surface area contributed by atoms with E-state index in [1.165, 1.54) is 7.11 Å². The molecule has 0 spiro atoms. The first-order chi connectivity index (χ1) is 2.91. The van der Waals surface area contributed by atoms with Crippen LogP contribution in [0.3, 0.4) is 0 Å². The molecule has 0 aliphatic carbocycles. The Morgan fingerprint density at radius 3 is 2.50 bits per heavy atom. The summed E-state index contributed by atoms with van der Waals surface area (Å²) < 4.78 is 8.72. The molecule has 0 atom stereocenters. The van der Waals surface area contributed by atoms with E-state index >= 15 is 0 Å². The second-order valence-electron chi connectivity index (χ2n) is 0.740. The number of hydrogen-bond donors (Lipinski definition) is 1. The third-order valence-corrected chi connectivity index (χ3v) is 0.292. The smallest absolute Gasteiger partial charge is 0.149 e. The summed E-state index contributed by atoms with van der Waals surface area (Å²) in [6.07, 6.45) is 0. The van der Waals surface area contributed by atoms with Gasteiger partial charge in [-0.2, -0.15) is 0 Å². The Labute approximate surface area is 36.5 Å². The van der Waals surface area contributed by atoms with E-state index in [-0.39, 0.29) is 13.6 Å². The van der Waals surface area contributed by atoms with Crippen molar-refractivity contribution in [3.05, 3.63) is 0 Å². The molecule has 3 heteroatoms. The van der Waals surface area contributed by atoms with Gasteiger partial charge in [0.15, 0.2) is 0 Å². The molecular formula is C3H8O3. The predicted molar refractivity (Wildman–Crippen MR) is 20.0 cm³/mol. The van der Waals surface area contributed by atoms with Crippen molar-refractivity contribution in [1.82, 2.24) is 0 Å². The number of hydrogen-bond acceptors (Lipinski definition) is 3. The molecule has 0 saturated carbocycles. The van der Waals surface area contributed by atoms with Crippen LogP contribution in [0.15, 0.2) is 0 Å². The predicted octanol–water partition coefficient (Wildman–Crippen LogP) is -0.443. The Kier molecular flexibility index (Phi) is 4.78. The Morgan fingerprint density at radius 1 is 1.67 bits per heavy atom. The standard InChI is InChI=1S/C3H8O3/c1-5-3-6-2-4/h4H,2-3H2,1H3. The van der Waals surface area contributed by atoms with Gasteiger partial charge in [-0.15, -0.1) is 0 Å². The van der Waals surface area contributed by atoms with Crippen LogP contribution in [-0.2, 0) is 9.47 Å². The molecule has 6 heavy (non-hydrogen) atoms. The van der Waals surface area contributed by atoms with Gasteiger partial charge in [-0.25, -0.2) is 0 Å². The van der Waals surface area contributed by atoms with Crippen molar-refractivity contribution in [2.24, 2.45) is 0 Å². The lowest BCUT2D eigenvalue weighted by atomic mass is 11.3. The van der Waals surface area contributed by atoms with Crippen LogP contribution >= 0.6 is 0 Å². The van der Waals surface area contributed by atoms with Crippen LogP contribution in [-0.4, -0.2) is 25.8 Å². The first-order valence-electron chi connectivity index (χ1n) is 1.59. The summed E-state index contributed by atoms with van der Waals surface area (Å²) in [6, 6.07) is 0. The Bertz CT molecular complexity index is 18.0. The maximum absolute atomic E-state index is 7.90. The lowest BCUT2D eigenvalue weighted by Crippen LogP contribution is -1.95. The van der Waals surface area contributed by atoms with Crippen molar-refractivity contribution in [1.29, 1.82) is 0 Å². The zero-order chi connectivity index (χ0) is 4.83. The average Bonchev–Trinajstić information content (AvgIpc) is 1.61. The summed E-state index contributed by atoms with van der Waals surface area (Å²) in [5, 5.41) is 7.90. The molecule has 0 aromatic rings. The quantitative estimate of drug-likeness (QED) is 0.379. The van der Waals surface area contributed by atoms with Gasteiger partial charge in [0.2, 0.25) is 0 Å². The van der Waals surface area contributed by atoms with Gasteiger partial charge in [-0.3, -0.25) is 0 Å². The number of aliphatic hydroxyl groups excluding tert-OH is 1. The Hall–Kier alpha value is -0.120. The van der Waals surface area contributed by atoms with Crippen LogP contribution in [0.5, 0.6) is 0 Å². The van der Waals surface area contributed by atoms with Crippen LogP contribution in [0, 0.1) is 0 Å².